The lowest BCUT2D eigenvalue weighted by molar-refractivity contribution is -0.134. The van der Waals surface area contributed by atoms with Crippen molar-refractivity contribution in [1.29, 1.82) is 0 Å². The molecule has 158 valence electrons. The summed E-state index contributed by atoms with van der Waals surface area (Å²) in [7, 11) is 0. The number of carbonyl (C=O) groups is 2. The minimum absolute atomic E-state index is 0.0817. The topological polar surface area (TPSA) is 74.6 Å². The average molecular weight is 408 g/mol. The molecule has 2 fully saturated rings. The second-order valence-corrected chi connectivity index (χ2v) is 9.12. The average Bonchev–Trinajstić information content (AvgIpc) is 3.48. The summed E-state index contributed by atoms with van der Waals surface area (Å²) in [5.41, 5.74) is 1.03. The summed E-state index contributed by atoms with van der Waals surface area (Å²) in [6, 6.07) is 9.75. The van der Waals surface area contributed by atoms with Crippen molar-refractivity contribution in [3.8, 4) is 0 Å². The first kappa shape index (κ1) is 19.4. The van der Waals surface area contributed by atoms with Crippen molar-refractivity contribution in [1.82, 2.24) is 14.8 Å². The maximum absolute atomic E-state index is 12.8. The number of allylic oxidation sites excluding steroid dienone is 2. The molecule has 1 aromatic heterocycles. The number of carbonyl (C=O) groups excluding carboxylic acids is 2. The molecule has 6 heteroatoms. The number of nitrogens with one attached hydrogen (secondary N) is 1. The van der Waals surface area contributed by atoms with E-state index in [-0.39, 0.29) is 30.3 Å². The van der Waals surface area contributed by atoms with E-state index in [1.54, 1.807) is 0 Å². The number of hydrogen-bond acceptors (Lipinski definition) is 3. The zero-order chi connectivity index (χ0) is 20.7. The maximum atomic E-state index is 12.8. The highest BCUT2D eigenvalue weighted by Crippen LogP contribution is 2.38. The molecule has 0 bridgehead atoms. The molecule has 2 aromatic rings. The van der Waals surface area contributed by atoms with Crippen molar-refractivity contribution in [2.45, 2.75) is 44.4 Å². The van der Waals surface area contributed by atoms with Crippen molar-refractivity contribution < 1.29 is 14.7 Å². The first-order valence-electron chi connectivity index (χ1n) is 11.0. The van der Waals surface area contributed by atoms with E-state index in [0.717, 1.165) is 43.3 Å². The third kappa shape index (κ3) is 3.65. The van der Waals surface area contributed by atoms with Gasteiger partial charge in [-0.3, -0.25) is 9.59 Å². The Morgan fingerprint density at radius 2 is 1.77 bits per heavy atom. The largest absolute Gasteiger partial charge is 0.391 e. The van der Waals surface area contributed by atoms with Crippen LogP contribution in [0.25, 0.3) is 10.9 Å². The van der Waals surface area contributed by atoms with Crippen LogP contribution in [0.2, 0.25) is 0 Å². The van der Waals surface area contributed by atoms with E-state index in [4.69, 9.17) is 0 Å². The van der Waals surface area contributed by atoms with E-state index in [1.165, 1.54) is 0 Å². The molecule has 6 nitrogen and oxygen atoms in total. The van der Waals surface area contributed by atoms with Crippen LogP contribution in [0.3, 0.4) is 0 Å². The molecule has 1 aromatic carbocycles. The fraction of sp³-hybridized carbons (Fsp3) is 0.500. The Balaban J connectivity index is 1.19. The standard InChI is InChI=1S/C24H29N3O3/c28-22-12-19-14-27(24(30)17-6-1-2-7-17)13-18(19)11-20(22)25-23(29)15-26-10-9-16-5-3-4-8-21(16)26/h1-5,8-10,17-20,22,28H,6-7,11-15H2,(H,25,29)/t18-,19+,20-,22-/m0/s1. The minimum atomic E-state index is -0.556. The Morgan fingerprint density at radius 1 is 1.03 bits per heavy atom. The van der Waals surface area contributed by atoms with Gasteiger partial charge < -0.3 is 19.9 Å². The number of rotatable bonds is 4. The second-order valence-electron chi connectivity index (χ2n) is 9.12. The van der Waals surface area contributed by atoms with Gasteiger partial charge in [-0.05, 0) is 55.0 Å². The Kier molecular flexibility index (Phi) is 5.11. The van der Waals surface area contributed by atoms with Crippen molar-refractivity contribution in [2.24, 2.45) is 17.8 Å². The molecule has 0 radical (unpaired) electrons. The van der Waals surface area contributed by atoms with Gasteiger partial charge in [0.1, 0.15) is 6.54 Å². The van der Waals surface area contributed by atoms with Crippen molar-refractivity contribution >= 4 is 22.7 Å². The number of likely N-dealkylation sites (tertiary alicyclic amines) is 1. The van der Waals surface area contributed by atoms with Gasteiger partial charge in [0.15, 0.2) is 0 Å². The molecule has 1 saturated carbocycles. The molecule has 1 aliphatic heterocycles. The summed E-state index contributed by atoms with van der Waals surface area (Å²) >= 11 is 0. The third-order valence-corrected chi connectivity index (χ3v) is 7.15. The molecule has 30 heavy (non-hydrogen) atoms. The van der Waals surface area contributed by atoms with Gasteiger partial charge in [0, 0.05) is 30.7 Å². The van der Waals surface area contributed by atoms with Crippen molar-refractivity contribution in [3.05, 3.63) is 48.7 Å². The molecule has 1 saturated heterocycles. The van der Waals surface area contributed by atoms with Gasteiger partial charge in [-0.25, -0.2) is 0 Å². The van der Waals surface area contributed by atoms with Gasteiger partial charge >= 0.3 is 0 Å². The van der Waals surface area contributed by atoms with Crippen LogP contribution in [0, 0.1) is 17.8 Å². The number of aromatic nitrogens is 1. The highest BCUT2D eigenvalue weighted by molar-refractivity contribution is 5.83. The first-order chi connectivity index (χ1) is 14.6. The van der Waals surface area contributed by atoms with E-state index >= 15 is 0 Å². The number of nitrogens with zero attached hydrogens (tertiary/aromatic N) is 2. The fourth-order valence-corrected chi connectivity index (χ4v) is 5.53. The van der Waals surface area contributed by atoms with Crippen LogP contribution in [0.5, 0.6) is 0 Å². The summed E-state index contributed by atoms with van der Waals surface area (Å²) < 4.78 is 1.94. The van der Waals surface area contributed by atoms with Gasteiger partial charge in [-0.2, -0.15) is 0 Å². The Hall–Kier alpha value is -2.60. The summed E-state index contributed by atoms with van der Waals surface area (Å²) in [6.07, 6.45) is 8.63. The molecule has 2 N–H and O–H groups in total. The van der Waals surface area contributed by atoms with Crippen LogP contribution in [0.4, 0.5) is 0 Å². The van der Waals surface area contributed by atoms with Gasteiger partial charge in [0.05, 0.1) is 12.1 Å². The number of hydrogen-bond donors (Lipinski definition) is 2. The molecular formula is C24H29N3O3. The fourth-order valence-electron chi connectivity index (χ4n) is 5.53. The van der Waals surface area contributed by atoms with Crippen LogP contribution >= 0.6 is 0 Å². The molecule has 0 spiro atoms. The predicted octanol–water partition coefficient (Wildman–Crippen LogP) is 2.32. The lowest BCUT2D eigenvalue weighted by atomic mass is 9.77. The Labute approximate surface area is 176 Å². The molecular weight excluding hydrogens is 378 g/mol. The Morgan fingerprint density at radius 3 is 2.57 bits per heavy atom. The monoisotopic (exact) mass is 407 g/mol. The summed E-state index contributed by atoms with van der Waals surface area (Å²) in [5.74, 6) is 0.956. The SMILES string of the molecule is O=C(Cn1ccc2ccccc21)N[C@H]1C[C@H]2CN(C(=O)C3CC=CC3)C[C@H]2C[C@@H]1O. The van der Waals surface area contributed by atoms with Crippen LogP contribution in [-0.4, -0.2) is 51.6 Å². The smallest absolute Gasteiger partial charge is 0.240 e. The van der Waals surface area contributed by atoms with Gasteiger partial charge in [0.25, 0.3) is 0 Å². The number of aliphatic hydroxyl groups is 1. The minimum Gasteiger partial charge on any atom is -0.391 e. The second kappa shape index (κ2) is 7.91. The zero-order valence-corrected chi connectivity index (χ0v) is 17.1. The van der Waals surface area contributed by atoms with Gasteiger partial charge in [-0.15, -0.1) is 0 Å². The lowest BCUT2D eigenvalue weighted by Crippen LogP contribution is -2.50. The molecule has 0 unspecified atom stereocenters. The van der Waals surface area contributed by atoms with E-state index < -0.39 is 6.10 Å². The van der Waals surface area contributed by atoms with Crippen LogP contribution in [-0.2, 0) is 16.1 Å². The maximum Gasteiger partial charge on any atom is 0.240 e. The van der Waals surface area contributed by atoms with Crippen LogP contribution < -0.4 is 5.32 Å². The number of fused-ring (bicyclic) bond motifs is 2. The van der Waals surface area contributed by atoms with Crippen molar-refractivity contribution in [3.63, 3.8) is 0 Å². The molecule has 2 heterocycles. The number of amides is 2. The highest BCUT2D eigenvalue weighted by Gasteiger charge is 2.44. The Bertz CT molecular complexity index is 973. The number of aliphatic hydroxyl groups excluding tert-OH is 1. The molecule has 5 rings (SSSR count). The van der Waals surface area contributed by atoms with E-state index in [2.05, 4.69) is 17.5 Å². The summed E-state index contributed by atoms with van der Waals surface area (Å²) in [6.45, 7) is 1.73. The highest BCUT2D eigenvalue weighted by atomic mass is 16.3. The zero-order valence-electron chi connectivity index (χ0n) is 17.1. The van der Waals surface area contributed by atoms with Gasteiger partial charge in [0.2, 0.25) is 11.8 Å². The van der Waals surface area contributed by atoms with E-state index in [0.29, 0.717) is 18.3 Å². The van der Waals surface area contributed by atoms with E-state index in [9.17, 15) is 14.7 Å². The van der Waals surface area contributed by atoms with Crippen LogP contribution in [0.15, 0.2) is 48.7 Å². The lowest BCUT2D eigenvalue weighted by Gasteiger charge is -2.35. The molecule has 2 aliphatic carbocycles. The summed E-state index contributed by atoms with van der Waals surface area (Å²) in [5, 5.41) is 14.8. The first-order valence-corrected chi connectivity index (χ1v) is 11.0. The molecule has 3 aliphatic rings. The van der Waals surface area contributed by atoms with Crippen LogP contribution in [0.1, 0.15) is 25.7 Å². The van der Waals surface area contributed by atoms with Gasteiger partial charge in [-0.1, -0.05) is 30.4 Å². The quantitative estimate of drug-likeness (QED) is 0.764. The van der Waals surface area contributed by atoms with Crippen molar-refractivity contribution in [2.75, 3.05) is 13.1 Å². The third-order valence-electron chi connectivity index (χ3n) is 7.15. The normalized spacial score (nSPS) is 28.8. The predicted molar refractivity (Wildman–Crippen MR) is 115 cm³/mol. The summed E-state index contributed by atoms with van der Waals surface area (Å²) in [4.78, 5) is 27.5. The number of benzene rings is 1. The molecule has 4 atom stereocenters. The molecule has 2 amide bonds. The van der Waals surface area contributed by atoms with E-state index in [1.807, 2.05) is 46.0 Å². The number of para-hydroxylation sites is 1.